The molecule has 0 atom stereocenters. The largest absolute Gasteiger partial charge is 0.507 e. The normalized spacial score (nSPS) is 10.1. The van der Waals surface area contributed by atoms with E-state index < -0.39 is 11.8 Å². The van der Waals surface area contributed by atoms with Crippen molar-refractivity contribution in [2.24, 2.45) is 0 Å². The molecule has 5 nitrogen and oxygen atoms in total. The Kier molecular flexibility index (Phi) is 5.05. The van der Waals surface area contributed by atoms with Crippen LogP contribution in [0.15, 0.2) is 40.9 Å². The predicted octanol–water partition coefficient (Wildman–Crippen LogP) is 3.19. The number of rotatable bonds is 2. The highest BCUT2D eigenvalue weighted by Crippen LogP contribution is 2.21. The summed E-state index contributed by atoms with van der Waals surface area (Å²) < 4.78 is 0.856. The number of hydrogen-bond acceptors (Lipinski definition) is 3. The molecule has 0 saturated heterocycles. The molecule has 0 bridgehead atoms. The molecule has 2 aromatic rings. The van der Waals surface area contributed by atoms with Gasteiger partial charge >= 0.3 is 0 Å². The maximum absolute atomic E-state index is 12.0. The van der Waals surface area contributed by atoms with Crippen LogP contribution < -0.4 is 10.9 Å². The third-order valence-electron chi connectivity index (χ3n) is 2.93. The average Bonchev–Trinajstić information content (AvgIpc) is 2.47. The maximum Gasteiger partial charge on any atom is 0.273 e. The molecule has 0 aliphatic heterocycles. The van der Waals surface area contributed by atoms with Gasteiger partial charge in [-0.25, -0.2) is 0 Å². The number of hydrogen-bond donors (Lipinski definition) is 3. The standard InChI is InChI=1S/C15H12BrClN2O3/c1-8-6-9(16)2-4-11(8)14(21)18-19-15(22)12-7-10(17)3-5-13(12)20/h2-7,20H,1H3,(H,18,21)(H,19,22). The van der Waals surface area contributed by atoms with Gasteiger partial charge in [0.15, 0.2) is 0 Å². The number of carbonyl (C=O) groups excluding carboxylic acids is 2. The molecule has 3 N–H and O–H groups in total. The van der Waals surface area contributed by atoms with E-state index in [2.05, 4.69) is 26.8 Å². The summed E-state index contributed by atoms with van der Waals surface area (Å²) in [6.45, 7) is 1.78. The first kappa shape index (κ1) is 16.3. The second-order valence-electron chi connectivity index (χ2n) is 4.53. The van der Waals surface area contributed by atoms with E-state index in [0.29, 0.717) is 10.6 Å². The molecule has 0 spiro atoms. The Bertz CT molecular complexity index is 750. The summed E-state index contributed by atoms with van der Waals surface area (Å²) in [4.78, 5) is 24.0. The maximum atomic E-state index is 12.0. The number of halogens is 2. The van der Waals surface area contributed by atoms with Crippen LogP contribution in [0.1, 0.15) is 26.3 Å². The van der Waals surface area contributed by atoms with Crippen molar-refractivity contribution in [3.05, 3.63) is 62.6 Å². The number of hydrazine groups is 1. The van der Waals surface area contributed by atoms with Gasteiger partial charge in [-0.3, -0.25) is 20.4 Å². The average molecular weight is 384 g/mol. The number of phenols is 1. The van der Waals surface area contributed by atoms with Crippen LogP contribution in [0.3, 0.4) is 0 Å². The number of aryl methyl sites for hydroxylation is 1. The van der Waals surface area contributed by atoms with Gasteiger partial charge < -0.3 is 5.11 Å². The summed E-state index contributed by atoms with van der Waals surface area (Å²) >= 11 is 9.08. The van der Waals surface area contributed by atoms with Crippen molar-refractivity contribution in [2.75, 3.05) is 0 Å². The van der Waals surface area contributed by atoms with Gasteiger partial charge in [-0.15, -0.1) is 0 Å². The number of carbonyl (C=O) groups is 2. The molecule has 2 aromatic carbocycles. The molecule has 7 heteroatoms. The number of benzene rings is 2. The fraction of sp³-hybridized carbons (Fsp3) is 0.0667. The monoisotopic (exact) mass is 382 g/mol. The molecule has 0 fully saturated rings. The fourth-order valence-corrected chi connectivity index (χ4v) is 2.47. The molecular formula is C15H12BrClN2O3. The Balaban J connectivity index is 2.07. The minimum absolute atomic E-state index is 0.0275. The van der Waals surface area contributed by atoms with E-state index in [1.807, 2.05) is 0 Å². The zero-order valence-electron chi connectivity index (χ0n) is 11.5. The Morgan fingerprint density at radius 2 is 1.68 bits per heavy atom. The van der Waals surface area contributed by atoms with Gasteiger partial charge in [0.25, 0.3) is 11.8 Å². The molecule has 0 aromatic heterocycles. The van der Waals surface area contributed by atoms with Crippen molar-refractivity contribution in [2.45, 2.75) is 6.92 Å². The second-order valence-corrected chi connectivity index (χ2v) is 5.88. The van der Waals surface area contributed by atoms with E-state index in [4.69, 9.17) is 11.6 Å². The number of amides is 2. The first-order valence-corrected chi connectivity index (χ1v) is 7.41. The molecule has 0 aliphatic rings. The van der Waals surface area contributed by atoms with Gasteiger partial charge in [0, 0.05) is 15.1 Å². The van der Waals surface area contributed by atoms with Crippen LogP contribution in [0, 0.1) is 6.92 Å². The van der Waals surface area contributed by atoms with Gasteiger partial charge in [-0.1, -0.05) is 27.5 Å². The van der Waals surface area contributed by atoms with Crippen LogP contribution >= 0.6 is 27.5 Å². The Morgan fingerprint density at radius 3 is 2.32 bits per heavy atom. The summed E-state index contributed by atoms with van der Waals surface area (Å²) in [5.74, 6) is -1.35. The lowest BCUT2D eigenvalue weighted by Crippen LogP contribution is -2.41. The molecule has 22 heavy (non-hydrogen) atoms. The first-order valence-electron chi connectivity index (χ1n) is 6.24. The molecule has 0 heterocycles. The third-order valence-corrected chi connectivity index (χ3v) is 3.65. The smallest absolute Gasteiger partial charge is 0.273 e. The lowest BCUT2D eigenvalue weighted by molar-refractivity contribution is 0.0844. The van der Waals surface area contributed by atoms with E-state index in [0.717, 1.165) is 10.0 Å². The highest BCUT2D eigenvalue weighted by atomic mass is 79.9. The summed E-state index contributed by atoms with van der Waals surface area (Å²) in [7, 11) is 0. The highest BCUT2D eigenvalue weighted by molar-refractivity contribution is 9.10. The quantitative estimate of drug-likeness (QED) is 0.697. The summed E-state index contributed by atoms with van der Waals surface area (Å²) in [6.07, 6.45) is 0. The molecule has 114 valence electrons. The van der Waals surface area contributed by atoms with E-state index in [1.54, 1.807) is 25.1 Å². The Morgan fingerprint density at radius 1 is 1.05 bits per heavy atom. The van der Waals surface area contributed by atoms with Gasteiger partial charge in [-0.2, -0.15) is 0 Å². The van der Waals surface area contributed by atoms with E-state index in [1.165, 1.54) is 18.2 Å². The van der Waals surface area contributed by atoms with Crippen molar-refractivity contribution < 1.29 is 14.7 Å². The zero-order valence-corrected chi connectivity index (χ0v) is 13.8. The highest BCUT2D eigenvalue weighted by Gasteiger charge is 2.14. The van der Waals surface area contributed by atoms with E-state index >= 15 is 0 Å². The van der Waals surface area contributed by atoms with Gasteiger partial charge in [0.05, 0.1) is 5.56 Å². The van der Waals surface area contributed by atoms with Crippen LogP contribution in [-0.2, 0) is 0 Å². The van der Waals surface area contributed by atoms with Crippen LogP contribution in [0.4, 0.5) is 0 Å². The second kappa shape index (κ2) is 6.81. The minimum Gasteiger partial charge on any atom is -0.507 e. The Hall–Kier alpha value is -2.05. The van der Waals surface area contributed by atoms with Crippen molar-refractivity contribution in [1.82, 2.24) is 10.9 Å². The SMILES string of the molecule is Cc1cc(Br)ccc1C(=O)NNC(=O)c1cc(Cl)ccc1O. The first-order chi connectivity index (χ1) is 10.4. The van der Waals surface area contributed by atoms with Crippen LogP contribution in [0.25, 0.3) is 0 Å². The fourth-order valence-electron chi connectivity index (χ4n) is 1.82. The van der Waals surface area contributed by atoms with Gasteiger partial charge in [0.1, 0.15) is 5.75 Å². The Labute approximate surface area is 140 Å². The minimum atomic E-state index is -0.664. The topological polar surface area (TPSA) is 78.4 Å². The molecule has 0 unspecified atom stereocenters. The van der Waals surface area contributed by atoms with Crippen molar-refractivity contribution in [3.8, 4) is 5.75 Å². The lowest BCUT2D eigenvalue weighted by atomic mass is 10.1. The molecule has 2 amide bonds. The van der Waals surface area contributed by atoms with Gasteiger partial charge in [0.2, 0.25) is 0 Å². The van der Waals surface area contributed by atoms with Gasteiger partial charge in [-0.05, 0) is 48.9 Å². The number of phenolic OH excluding ortho intramolecular Hbond substituents is 1. The molecular weight excluding hydrogens is 372 g/mol. The van der Waals surface area contributed by atoms with E-state index in [9.17, 15) is 14.7 Å². The van der Waals surface area contributed by atoms with Crippen LogP contribution in [0.5, 0.6) is 5.75 Å². The zero-order chi connectivity index (χ0) is 16.3. The molecule has 0 aliphatic carbocycles. The lowest BCUT2D eigenvalue weighted by Gasteiger charge is -2.10. The summed E-state index contributed by atoms with van der Waals surface area (Å²) in [5, 5.41) is 9.93. The van der Waals surface area contributed by atoms with Crippen molar-refractivity contribution in [3.63, 3.8) is 0 Å². The van der Waals surface area contributed by atoms with Crippen molar-refractivity contribution in [1.29, 1.82) is 0 Å². The van der Waals surface area contributed by atoms with Crippen molar-refractivity contribution >= 4 is 39.3 Å². The van der Waals surface area contributed by atoms with Crippen LogP contribution in [0.2, 0.25) is 5.02 Å². The molecule has 0 radical (unpaired) electrons. The number of aromatic hydroxyl groups is 1. The summed E-state index contributed by atoms with van der Waals surface area (Å²) in [6, 6.07) is 9.22. The predicted molar refractivity (Wildman–Crippen MR) is 86.9 cm³/mol. The van der Waals surface area contributed by atoms with E-state index in [-0.39, 0.29) is 11.3 Å². The molecule has 0 saturated carbocycles. The van der Waals surface area contributed by atoms with Crippen LogP contribution in [-0.4, -0.2) is 16.9 Å². The third kappa shape index (κ3) is 3.78. The molecule has 2 rings (SSSR count). The summed E-state index contributed by atoms with van der Waals surface area (Å²) in [5.41, 5.74) is 5.69. The number of nitrogens with one attached hydrogen (secondary N) is 2.